The predicted molar refractivity (Wildman–Crippen MR) is 67.1 cm³/mol. The Hall–Kier alpha value is -1.36. The Bertz CT molecular complexity index is 346. The molecular weight excluding hydrogens is 232 g/mol. The van der Waals surface area contributed by atoms with Crippen molar-refractivity contribution < 1.29 is 14.7 Å². The quantitative estimate of drug-likeness (QED) is 0.746. The van der Waals surface area contributed by atoms with Gasteiger partial charge in [0.1, 0.15) is 0 Å². The van der Waals surface area contributed by atoms with E-state index in [1.165, 1.54) is 0 Å². The molecule has 0 aromatic carbocycles. The molecule has 1 heterocycles. The third-order valence-corrected chi connectivity index (χ3v) is 3.66. The van der Waals surface area contributed by atoms with Crippen molar-refractivity contribution >= 4 is 11.9 Å². The molecule has 5 heteroatoms. The van der Waals surface area contributed by atoms with Crippen molar-refractivity contribution in [2.45, 2.75) is 19.3 Å². The second-order valence-electron chi connectivity index (χ2n) is 4.98. The van der Waals surface area contributed by atoms with E-state index in [4.69, 9.17) is 5.11 Å². The molecule has 0 aromatic heterocycles. The maximum absolute atomic E-state index is 12.2. The summed E-state index contributed by atoms with van der Waals surface area (Å²) in [7, 11) is 0. The summed E-state index contributed by atoms with van der Waals surface area (Å²) >= 11 is 0. The number of hydrogen-bond acceptors (Lipinski definition) is 3. The molecule has 0 aromatic rings. The lowest BCUT2D eigenvalue weighted by molar-refractivity contribution is -0.140. The second kappa shape index (κ2) is 6.00. The summed E-state index contributed by atoms with van der Waals surface area (Å²) in [4.78, 5) is 26.6. The van der Waals surface area contributed by atoms with Gasteiger partial charge in [-0.05, 0) is 19.3 Å². The van der Waals surface area contributed by atoms with E-state index >= 15 is 0 Å². The highest BCUT2D eigenvalue weighted by atomic mass is 16.4. The number of carbonyl (C=O) groups is 2. The van der Waals surface area contributed by atoms with Crippen LogP contribution < -0.4 is 0 Å². The number of rotatable bonds is 3. The molecule has 1 aliphatic carbocycles. The SMILES string of the molecule is O=C(O)CN1CCN(C(=O)C2CC=CCC2)CC1. The largest absolute Gasteiger partial charge is 0.480 e. The molecule has 0 saturated carbocycles. The molecule has 18 heavy (non-hydrogen) atoms. The van der Waals surface area contributed by atoms with Crippen molar-refractivity contribution in [2.24, 2.45) is 5.92 Å². The molecule has 0 bridgehead atoms. The van der Waals surface area contributed by atoms with Crippen molar-refractivity contribution in [3.05, 3.63) is 12.2 Å². The minimum absolute atomic E-state index is 0.0776. The first kappa shape index (κ1) is 13.1. The molecule has 1 atom stereocenters. The Morgan fingerprint density at radius 3 is 2.44 bits per heavy atom. The fraction of sp³-hybridized carbons (Fsp3) is 0.692. The zero-order valence-electron chi connectivity index (χ0n) is 10.5. The van der Waals surface area contributed by atoms with Gasteiger partial charge in [0.2, 0.25) is 5.91 Å². The summed E-state index contributed by atoms with van der Waals surface area (Å²) in [5, 5.41) is 8.71. The van der Waals surface area contributed by atoms with Gasteiger partial charge in [0.25, 0.3) is 0 Å². The summed E-state index contributed by atoms with van der Waals surface area (Å²) in [6, 6.07) is 0. The average Bonchev–Trinajstić information content (AvgIpc) is 2.39. The van der Waals surface area contributed by atoms with Crippen LogP contribution in [-0.2, 0) is 9.59 Å². The molecule has 0 spiro atoms. The van der Waals surface area contributed by atoms with Gasteiger partial charge >= 0.3 is 5.97 Å². The van der Waals surface area contributed by atoms with E-state index in [9.17, 15) is 9.59 Å². The first-order chi connectivity index (χ1) is 8.66. The number of nitrogens with zero attached hydrogens (tertiary/aromatic N) is 2. The van der Waals surface area contributed by atoms with Gasteiger partial charge in [-0.3, -0.25) is 14.5 Å². The van der Waals surface area contributed by atoms with Crippen molar-refractivity contribution in [3.8, 4) is 0 Å². The summed E-state index contributed by atoms with van der Waals surface area (Å²) < 4.78 is 0. The van der Waals surface area contributed by atoms with Gasteiger partial charge in [-0.2, -0.15) is 0 Å². The molecule has 5 nitrogen and oxygen atoms in total. The van der Waals surface area contributed by atoms with Crippen LogP contribution in [0.15, 0.2) is 12.2 Å². The minimum atomic E-state index is -0.799. The fourth-order valence-electron chi connectivity index (χ4n) is 2.59. The van der Waals surface area contributed by atoms with E-state index in [0.29, 0.717) is 26.2 Å². The summed E-state index contributed by atoms with van der Waals surface area (Å²) in [5.74, 6) is -0.414. The number of hydrogen-bond donors (Lipinski definition) is 1. The van der Waals surface area contributed by atoms with Crippen LogP contribution >= 0.6 is 0 Å². The van der Waals surface area contributed by atoms with E-state index < -0.39 is 5.97 Å². The van der Waals surface area contributed by atoms with E-state index in [0.717, 1.165) is 19.3 Å². The number of carbonyl (C=O) groups excluding carboxylic acids is 1. The molecule has 2 aliphatic rings. The van der Waals surface area contributed by atoms with Gasteiger partial charge in [-0.25, -0.2) is 0 Å². The zero-order chi connectivity index (χ0) is 13.0. The Morgan fingerprint density at radius 1 is 1.17 bits per heavy atom. The normalized spacial score (nSPS) is 25.1. The smallest absolute Gasteiger partial charge is 0.317 e. The van der Waals surface area contributed by atoms with Crippen molar-refractivity contribution in [1.29, 1.82) is 0 Å². The molecule has 1 N–H and O–H groups in total. The molecule has 0 radical (unpaired) electrons. The molecular formula is C13H20N2O3. The van der Waals surface area contributed by atoms with Gasteiger partial charge < -0.3 is 10.0 Å². The Kier molecular flexibility index (Phi) is 4.36. The van der Waals surface area contributed by atoms with E-state index in [1.54, 1.807) is 0 Å². The number of carboxylic acid groups (broad SMARTS) is 1. The molecule has 1 amide bonds. The van der Waals surface area contributed by atoms with Crippen LogP contribution in [0.5, 0.6) is 0 Å². The zero-order valence-corrected chi connectivity index (χ0v) is 10.5. The van der Waals surface area contributed by atoms with Gasteiger partial charge in [0.15, 0.2) is 0 Å². The molecule has 100 valence electrons. The highest BCUT2D eigenvalue weighted by molar-refractivity contribution is 5.79. The van der Waals surface area contributed by atoms with Gasteiger partial charge in [-0.1, -0.05) is 12.2 Å². The standard InChI is InChI=1S/C13H20N2O3/c16-12(17)10-14-6-8-15(9-7-14)13(18)11-4-2-1-3-5-11/h1-2,11H,3-10H2,(H,16,17). The maximum atomic E-state index is 12.2. The fourth-order valence-corrected chi connectivity index (χ4v) is 2.59. The van der Waals surface area contributed by atoms with Crippen molar-refractivity contribution in [1.82, 2.24) is 9.80 Å². The lowest BCUT2D eigenvalue weighted by Crippen LogP contribution is -2.51. The van der Waals surface area contributed by atoms with Crippen LogP contribution in [0.25, 0.3) is 0 Å². The monoisotopic (exact) mass is 252 g/mol. The second-order valence-corrected chi connectivity index (χ2v) is 4.98. The minimum Gasteiger partial charge on any atom is -0.480 e. The summed E-state index contributed by atoms with van der Waals surface area (Å²) in [6.07, 6.45) is 7.02. The summed E-state index contributed by atoms with van der Waals surface area (Å²) in [6.45, 7) is 2.73. The van der Waals surface area contributed by atoms with Crippen molar-refractivity contribution in [2.75, 3.05) is 32.7 Å². The van der Waals surface area contributed by atoms with Crippen LogP contribution in [0.2, 0.25) is 0 Å². The Labute approximate surface area is 107 Å². The number of allylic oxidation sites excluding steroid dienone is 2. The van der Waals surface area contributed by atoms with Crippen LogP contribution in [0.1, 0.15) is 19.3 Å². The number of amides is 1. The first-order valence-corrected chi connectivity index (χ1v) is 6.55. The highest BCUT2D eigenvalue weighted by Gasteiger charge is 2.27. The molecule has 1 unspecified atom stereocenters. The summed E-state index contributed by atoms with van der Waals surface area (Å²) in [5.41, 5.74) is 0. The third-order valence-electron chi connectivity index (χ3n) is 3.66. The molecule has 1 fully saturated rings. The third kappa shape index (κ3) is 3.32. The number of aliphatic carboxylic acids is 1. The Morgan fingerprint density at radius 2 is 1.89 bits per heavy atom. The predicted octanol–water partition coefficient (Wildman–Crippen LogP) is 0.571. The molecule has 1 aliphatic heterocycles. The van der Waals surface area contributed by atoms with Crippen LogP contribution in [0, 0.1) is 5.92 Å². The lowest BCUT2D eigenvalue weighted by Gasteiger charge is -2.36. The maximum Gasteiger partial charge on any atom is 0.317 e. The molecule has 1 saturated heterocycles. The highest BCUT2D eigenvalue weighted by Crippen LogP contribution is 2.21. The average molecular weight is 252 g/mol. The van der Waals surface area contributed by atoms with Crippen LogP contribution in [-0.4, -0.2) is 59.5 Å². The van der Waals surface area contributed by atoms with E-state index in [-0.39, 0.29) is 18.4 Å². The van der Waals surface area contributed by atoms with Crippen LogP contribution in [0.3, 0.4) is 0 Å². The number of piperazine rings is 1. The number of carboxylic acids is 1. The molecule has 2 rings (SSSR count). The van der Waals surface area contributed by atoms with Crippen LogP contribution in [0.4, 0.5) is 0 Å². The first-order valence-electron chi connectivity index (χ1n) is 6.55. The van der Waals surface area contributed by atoms with E-state index in [1.807, 2.05) is 9.80 Å². The Balaban J connectivity index is 1.80. The lowest BCUT2D eigenvalue weighted by atomic mass is 9.93. The van der Waals surface area contributed by atoms with Crippen molar-refractivity contribution in [3.63, 3.8) is 0 Å². The topological polar surface area (TPSA) is 60.9 Å². The van der Waals surface area contributed by atoms with Gasteiger partial charge in [0, 0.05) is 32.1 Å². The van der Waals surface area contributed by atoms with Gasteiger partial charge in [0.05, 0.1) is 6.54 Å². The van der Waals surface area contributed by atoms with Gasteiger partial charge in [-0.15, -0.1) is 0 Å². The van der Waals surface area contributed by atoms with E-state index in [2.05, 4.69) is 12.2 Å².